The molecule has 5 nitrogen and oxygen atoms in total. The van der Waals surface area contributed by atoms with Crippen molar-refractivity contribution in [1.29, 1.82) is 0 Å². The van der Waals surface area contributed by atoms with Gasteiger partial charge in [-0.25, -0.2) is 4.68 Å². The van der Waals surface area contributed by atoms with E-state index in [1.54, 1.807) is 23.0 Å². The molecule has 1 heterocycles. The van der Waals surface area contributed by atoms with Gasteiger partial charge in [0, 0.05) is 24.5 Å². The van der Waals surface area contributed by atoms with E-state index in [2.05, 4.69) is 10.4 Å². The number of ether oxygens (including phenoxy) is 1. The Morgan fingerprint density at radius 3 is 2.54 bits per heavy atom. The van der Waals surface area contributed by atoms with Crippen molar-refractivity contribution in [3.05, 3.63) is 78.6 Å². The highest BCUT2D eigenvalue weighted by Gasteiger charge is 2.05. The summed E-state index contributed by atoms with van der Waals surface area (Å²) in [6.45, 7) is 1.15. The van der Waals surface area contributed by atoms with Crippen LogP contribution in [0, 0.1) is 0 Å². The third-order valence-electron chi connectivity index (χ3n) is 3.52. The van der Waals surface area contributed by atoms with Crippen LogP contribution in [0.4, 0.5) is 0 Å². The van der Waals surface area contributed by atoms with Gasteiger partial charge in [-0.15, -0.1) is 0 Å². The van der Waals surface area contributed by atoms with E-state index in [-0.39, 0.29) is 5.91 Å². The van der Waals surface area contributed by atoms with E-state index in [1.165, 1.54) is 0 Å². The molecule has 3 aromatic rings. The van der Waals surface area contributed by atoms with Crippen LogP contribution >= 0.6 is 0 Å². The first-order valence-electron chi connectivity index (χ1n) is 7.89. The fraction of sp³-hybridized carbons (Fsp3) is 0.158. The van der Waals surface area contributed by atoms with E-state index >= 15 is 0 Å². The predicted octanol–water partition coefficient (Wildman–Crippen LogP) is 3.07. The minimum atomic E-state index is -0.0817. The van der Waals surface area contributed by atoms with Crippen molar-refractivity contribution < 1.29 is 9.53 Å². The molecular formula is C19H19N3O2. The van der Waals surface area contributed by atoms with Crippen molar-refractivity contribution >= 4 is 5.91 Å². The zero-order chi connectivity index (χ0) is 16.6. The van der Waals surface area contributed by atoms with Crippen molar-refractivity contribution in [2.45, 2.75) is 6.42 Å². The van der Waals surface area contributed by atoms with Gasteiger partial charge in [-0.3, -0.25) is 4.79 Å². The van der Waals surface area contributed by atoms with Crippen molar-refractivity contribution in [2.24, 2.45) is 0 Å². The molecule has 3 rings (SSSR count). The number of aromatic nitrogens is 2. The van der Waals surface area contributed by atoms with Crippen LogP contribution in [0.2, 0.25) is 0 Å². The lowest BCUT2D eigenvalue weighted by atomic mass is 10.2. The summed E-state index contributed by atoms with van der Waals surface area (Å²) in [4.78, 5) is 12.1. The van der Waals surface area contributed by atoms with E-state index in [9.17, 15) is 4.79 Å². The van der Waals surface area contributed by atoms with Gasteiger partial charge in [-0.2, -0.15) is 5.10 Å². The molecule has 24 heavy (non-hydrogen) atoms. The smallest absolute Gasteiger partial charge is 0.251 e. The second-order valence-electron chi connectivity index (χ2n) is 5.27. The van der Waals surface area contributed by atoms with Crippen LogP contribution in [-0.4, -0.2) is 28.8 Å². The third kappa shape index (κ3) is 4.23. The SMILES string of the molecule is O=C(NCCCOc1ccccc1)c1ccc(-n2cccn2)cc1. The molecule has 1 aromatic heterocycles. The number of benzene rings is 2. The normalized spacial score (nSPS) is 10.3. The fourth-order valence-electron chi connectivity index (χ4n) is 2.27. The molecule has 0 aliphatic carbocycles. The first kappa shape index (κ1) is 15.8. The quantitative estimate of drug-likeness (QED) is 0.680. The summed E-state index contributed by atoms with van der Waals surface area (Å²) < 4.78 is 7.34. The molecule has 0 saturated heterocycles. The molecule has 0 aliphatic rings. The van der Waals surface area contributed by atoms with Gasteiger partial charge in [-0.05, 0) is 48.9 Å². The van der Waals surface area contributed by atoms with E-state index in [1.807, 2.05) is 54.7 Å². The average molecular weight is 321 g/mol. The maximum Gasteiger partial charge on any atom is 0.251 e. The fourth-order valence-corrected chi connectivity index (χ4v) is 2.27. The second-order valence-corrected chi connectivity index (χ2v) is 5.27. The van der Waals surface area contributed by atoms with Gasteiger partial charge in [-0.1, -0.05) is 18.2 Å². The van der Waals surface area contributed by atoms with Crippen molar-refractivity contribution in [2.75, 3.05) is 13.2 Å². The Morgan fingerprint density at radius 2 is 1.83 bits per heavy atom. The average Bonchev–Trinajstić information content (AvgIpc) is 3.17. The molecule has 0 aliphatic heterocycles. The van der Waals surface area contributed by atoms with Crippen LogP contribution in [0.15, 0.2) is 73.1 Å². The lowest BCUT2D eigenvalue weighted by molar-refractivity contribution is 0.0951. The number of hydrogen-bond acceptors (Lipinski definition) is 3. The Labute approximate surface area is 140 Å². The molecule has 2 aromatic carbocycles. The van der Waals surface area contributed by atoms with Crippen LogP contribution in [-0.2, 0) is 0 Å². The predicted molar refractivity (Wildman–Crippen MR) is 92.5 cm³/mol. The number of carbonyl (C=O) groups excluding carboxylic acids is 1. The zero-order valence-corrected chi connectivity index (χ0v) is 13.3. The van der Waals surface area contributed by atoms with Crippen molar-refractivity contribution in [1.82, 2.24) is 15.1 Å². The second kappa shape index (κ2) is 7.97. The Kier molecular flexibility index (Phi) is 5.24. The first-order chi connectivity index (χ1) is 11.8. The van der Waals surface area contributed by atoms with Crippen LogP contribution in [0.1, 0.15) is 16.8 Å². The molecule has 1 amide bonds. The molecular weight excluding hydrogens is 302 g/mol. The molecule has 122 valence electrons. The topological polar surface area (TPSA) is 56.1 Å². The van der Waals surface area contributed by atoms with Gasteiger partial charge in [0.25, 0.3) is 5.91 Å². The number of hydrogen-bond donors (Lipinski definition) is 1. The molecule has 0 unspecified atom stereocenters. The molecule has 0 saturated carbocycles. The Morgan fingerprint density at radius 1 is 1.04 bits per heavy atom. The summed E-state index contributed by atoms with van der Waals surface area (Å²) in [5.74, 6) is 0.764. The number of nitrogens with one attached hydrogen (secondary N) is 1. The maximum absolute atomic E-state index is 12.1. The molecule has 1 N–H and O–H groups in total. The first-order valence-corrected chi connectivity index (χ1v) is 7.89. The van der Waals surface area contributed by atoms with Crippen molar-refractivity contribution in [3.8, 4) is 11.4 Å². The molecule has 0 bridgehead atoms. The van der Waals surface area contributed by atoms with E-state index in [0.717, 1.165) is 17.9 Å². The Balaban J connectivity index is 1.42. The number of carbonyl (C=O) groups is 1. The molecule has 0 radical (unpaired) electrons. The standard InChI is InChI=1S/C19H19N3O2/c23-19(20-12-5-15-24-18-6-2-1-3-7-18)16-8-10-17(11-9-16)22-14-4-13-21-22/h1-4,6-11,13-14H,5,12,15H2,(H,20,23). The lowest BCUT2D eigenvalue weighted by Crippen LogP contribution is -2.25. The van der Waals surface area contributed by atoms with E-state index < -0.39 is 0 Å². The van der Waals surface area contributed by atoms with Crippen LogP contribution in [0.5, 0.6) is 5.75 Å². The Bertz CT molecular complexity index is 753. The van der Waals surface area contributed by atoms with Crippen molar-refractivity contribution in [3.63, 3.8) is 0 Å². The number of amides is 1. The highest BCUT2D eigenvalue weighted by Crippen LogP contribution is 2.09. The maximum atomic E-state index is 12.1. The number of rotatable bonds is 7. The summed E-state index contributed by atoms with van der Waals surface area (Å²) in [6, 6.07) is 18.9. The van der Waals surface area contributed by atoms with Gasteiger partial charge < -0.3 is 10.1 Å². The van der Waals surface area contributed by atoms with Gasteiger partial charge in [0.15, 0.2) is 0 Å². The lowest BCUT2D eigenvalue weighted by Gasteiger charge is -2.08. The summed E-state index contributed by atoms with van der Waals surface area (Å²) >= 11 is 0. The Hall–Kier alpha value is -3.08. The largest absolute Gasteiger partial charge is 0.494 e. The van der Waals surface area contributed by atoms with Gasteiger partial charge in [0.1, 0.15) is 5.75 Å². The highest BCUT2D eigenvalue weighted by atomic mass is 16.5. The summed E-state index contributed by atoms with van der Waals surface area (Å²) in [6.07, 6.45) is 4.34. The highest BCUT2D eigenvalue weighted by molar-refractivity contribution is 5.94. The van der Waals surface area contributed by atoms with Gasteiger partial charge in [0.2, 0.25) is 0 Å². The minimum absolute atomic E-state index is 0.0817. The third-order valence-corrected chi connectivity index (χ3v) is 3.52. The monoisotopic (exact) mass is 321 g/mol. The van der Waals surface area contributed by atoms with E-state index in [0.29, 0.717) is 18.7 Å². The van der Waals surface area contributed by atoms with E-state index in [4.69, 9.17) is 4.74 Å². The summed E-state index contributed by atoms with van der Waals surface area (Å²) in [5.41, 5.74) is 1.56. The van der Waals surface area contributed by atoms with Crippen LogP contribution in [0.25, 0.3) is 5.69 Å². The molecule has 0 spiro atoms. The molecule has 0 atom stereocenters. The van der Waals surface area contributed by atoms with Crippen LogP contribution < -0.4 is 10.1 Å². The summed E-state index contributed by atoms with van der Waals surface area (Å²) in [5, 5.41) is 7.06. The zero-order valence-electron chi connectivity index (χ0n) is 13.3. The number of nitrogens with zero attached hydrogens (tertiary/aromatic N) is 2. The van der Waals surface area contributed by atoms with Crippen LogP contribution in [0.3, 0.4) is 0 Å². The molecule has 5 heteroatoms. The molecule has 0 fully saturated rings. The van der Waals surface area contributed by atoms with Gasteiger partial charge in [0.05, 0.1) is 12.3 Å². The number of para-hydroxylation sites is 1. The van der Waals surface area contributed by atoms with Gasteiger partial charge >= 0.3 is 0 Å². The summed E-state index contributed by atoms with van der Waals surface area (Å²) in [7, 11) is 0. The minimum Gasteiger partial charge on any atom is -0.494 e.